The Morgan fingerprint density at radius 2 is 1.32 bits per heavy atom. The van der Waals surface area contributed by atoms with Gasteiger partial charge in [-0.05, 0) is 63.5 Å². The van der Waals surface area contributed by atoms with Crippen LogP contribution < -0.4 is 14.9 Å². The molecule has 2 atom stereocenters. The van der Waals surface area contributed by atoms with Gasteiger partial charge in [-0.25, -0.2) is 0 Å². The van der Waals surface area contributed by atoms with E-state index in [1.165, 1.54) is 0 Å². The van der Waals surface area contributed by atoms with Gasteiger partial charge in [-0.1, -0.05) is 34.1 Å². The Bertz CT molecular complexity index is 924. The molecule has 0 bridgehead atoms. The predicted molar refractivity (Wildman–Crippen MR) is 136 cm³/mol. The van der Waals surface area contributed by atoms with Gasteiger partial charge in [0, 0.05) is 17.3 Å². The highest BCUT2D eigenvalue weighted by atomic mass is 79.9. The molecule has 0 amide bonds. The lowest BCUT2D eigenvalue weighted by atomic mass is 9.79. The van der Waals surface area contributed by atoms with Crippen LogP contribution in [-0.4, -0.2) is 57.0 Å². The highest BCUT2D eigenvalue weighted by Crippen LogP contribution is 2.36. The molecule has 3 fully saturated rings. The van der Waals surface area contributed by atoms with Crippen LogP contribution in [0.3, 0.4) is 0 Å². The molecule has 3 aliphatic rings. The van der Waals surface area contributed by atoms with Crippen molar-refractivity contribution in [3.63, 3.8) is 0 Å². The molecule has 8 heteroatoms. The average Bonchev–Trinajstić information content (AvgIpc) is 3.51. The van der Waals surface area contributed by atoms with Crippen LogP contribution in [0.5, 0.6) is 11.5 Å². The lowest BCUT2D eigenvalue weighted by Gasteiger charge is -2.32. The molecule has 34 heavy (non-hydrogen) atoms. The summed E-state index contributed by atoms with van der Waals surface area (Å²) < 4.78 is 35.4. The van der Waals surface area contributed by atoms with Gasteiger partial charge in [-0.3, -0.25) is 0 Å². The van der Waals surface area contributed by atoms with Crippen LogP contribution in [0.4, 0.5) is 0 Å². The quantitative estimate of drug-likeness (QED) is 0.517. The van der Waals surface area contributed by atoms with Crippen molar-refractivity contribution >= 4 is 28.5 Å². The minimum absolute atomic E-state index is 0.151. The Morgan fingerprint density at radius 3 is 1.82 bits per heavy atom. The van der Waals surface area contributed by atoms with Gasteiger partial charge in [-0.2, -0.15) is 0 Å². The maximum Gasteiger partial charge on any atom is 0.494 e. The summed E-state index contributed by atoms with van der Waals surface area (Å²) in [6.45, 7) is 11.2. The number of hydrogen-bond donors (Lipinski definition) is 0. The van der Waals surface area contributed by atoms with Gasteiger partial charge in [0.05, 0.1) is 37.6 Å². The molecule has 0 saturated carbocycles. The third-order valence-corrected chi connectivity index (χ3v) is 7.05. The Balaban J connectivity index is 0.000000180. The first-order chi connectivity index (χ1) is 16.2. The molecule has 3 saturated heterocycles. The van der Waals surface area contributed by atoms with Crippen molar-refractivity contribution in [2.45, 2.75) is 63.9 Å². The minimum atomic E-state index is -0.349. The van der Waals surface area contributed by atoms with Crippen LogP contribution >= 0.6 is 15.9 Å². The lowest BCUT2D eigenvalue weighted by Crippen LogP contribution is -2.41. The van der Waals surface area contributed by atoms with Gasteiger partial charge in [0.2, 0.25) is 0 Å². The summed E-state index contributed by atoms with van der Waals surface area (Å²) in [6, 6.07) is 15.8. The molecule has 3 heterocycles. The van der Waals surface area contributed by atoms with Crippen LogP contribution in [0.25, 0.3) is 0 Å². The molecular weight excluding hydrogens is 499 g/mol. The molecule has 0 aromatic heterocycles. The smallest absolute Gasteiger partial charge is 0.488 e. The zero-order valence-electron chi connectivity index (χ0n) is 20.4. The topological polar surface area (TPSA) is 55.4 Å². The Labute approximate surface area is 211 Å². The number of hydrogen-bond acceptors (Lipinski definition) is 6. The second-order valence-electron chi connectivity index (χ2n) is 9.83. The van der Waals surface area contributed by atoms with E-state index in [2.05, 4.69) is 43.6 Å². The van der Waals surface area contributed by atoms with Crippen molar-refractivity contribution < 1.29 is 28.3 Å². The molecule has 0 N–H and O–H groups in total. The molecule has 5 rings (SSSR count). The monoisotopic (exact) mass is 532 g/mol. The Hall–Kier alpha value is -1.58. The summed E-state index contributed by atoms with van der Waals surface area (Å²) in [5.41, 5.74) is 0.340. The number of benzene rings is 2. The molecule has 0 radical (unpaired) electrons. The molecule has 0 aliphatic carbocycles. The van der Waals surface area contributed by atoms with E-state index in [-0.39, 0.29) is 30.5 Å². The second-order valence-corrected chi connectivity index (χ2v) is 10.7. The summed E-state index contributed by atoms with van der Waals surface area (Å²) in [6.07, 6.45) is 2.32. The maximum atomic E-state index is 6.07. The zero-order chi connectivity index (χ0) is 24.2. The highest BCUT2D eigenvalue weighted by Gasteiger charge is 2.51. The fourth-order valence-corrected chi connectivity index (χ4v) is 4.23. The molecule has 6 nitrogen and oxygen atoms in total. The molecule has 2 aromatic carbocycles. The van der Waals surface area contributed by atoms with Crippen LogP contribution in [0.2, 0.25) is 0 Å². The SMILES string of the molecule is Brc1cccc(O[C@H]2CCOC2)c1.CC1(C)OB(c2cccc(O[C@H]3CCOC3)c2)OC1(C)C. The van der Waals surface area contributed by atoms with E-state index in [0.717, 1.165) is 47.5 Å². The second kappa shape index (κ2) is 11.0. The first kappa shape index (κ1) is 25.5. The maximum absolute atomic E-state index is 6.07. The summed E-state index contributed by atoms with van der Waals surface area (Å²) in [4.78, 5) is 0. The van der Waals surface area contributed by atoms with E-state index < -0.39 is 0 Å². The van der Waals surface area contributed by atoms with Crippen LogP contribution in [0.15, 0.2) is 53.0 Å². The Morgan fingerprint density at radius 1 is 0.794 bits per heavy atom. The van der Waals surface area contributed by atoms with E-state index in [1.807, 2.05) is 48.5 Å². The van der Waals surface area contributed by atoms with Gasteiger partial charge in [0.1, 0.15) is 23.7 Å². The standard InChI is InChI=1S/C16H23BO4.C10H11BrO2/c1-15(2)16(3,4)21-17(20-15)12-6-5-7-13(10-12)19-14-8-9-18-11-14;11-8-2-1-3-9(6-8)13-10-4-5-12-7-10/h5-7,10,14H,8-9,11H2,1-4H3;1-3,6,10H,4-5,7H2/t14-;10-/m00/s1. The van der Waals surface area contributed by atoms with Gasteiger partial charge < -0.3 is 28.3 Å². The third kappa shape index (κ3) is 6.55. The fraction of sp³-hybridized carbons (Fsp3) is 0.538. The number of ether oxygens (including phenoxy) is 4. The fourth-order valence-electron chi connectivity index (χ4n) is 3.85. The van der Waals surface area contributed by atoms with Gasteiger partial charge in [0.25, 0.3) is 0 Å². The minimum Gasteiger partial charge on any atom is -0.488 e. The first-order valence-electron chi connectivity index (χ1n) is 11.9. The van der Waals surface area contributed by atoms with Crippen LogP contribution in [-0.2, 0) is 18.8 Å². The summed E-state index contributed by atoms with van der Waals surface area (Å²) in [5.74, 6) is 1.75. The van der Waals surface area contributed by atoms with Gasteiger partial charge >= 0.3 is 7.12 Å². The highest BCUT2D eigenvalue weighted by molar-refractivity contribution is 9.10. The molecule has 184 valence electrons. The molecular formula is C26H34BBrO6. The molecule has 0 spiro atoms. The third-order valence-electron chi connectivity index (χ3n) is 6.56. The zero-order valence-corrected chi connectivity index (χ0v) is 22.0. The Kier molecular flexibility index (Phi) is 8.25. The first-order valence-corrected chi connectivity index (χ1v) is 12.7. The van der Waals surface area contributed by atoms with E-state index in [1.54, 1.807) is 0 Å². The van der Waals surface area contributed by atoms with E-state index in [9.17, 15) is 0 Å². The van der Waals surface area contributed by atoms with Crippen molar-refractivity contribution in [1.29, 1.82) is 0 Å². The average molecular weight is 533 g/mol. The lowest BCUT2D eigenvalue weighted by molar-refractivity contribution is 0.00578. The van der Waals surface area contributed by atoms with Crippen molar-refractivity contribution in [2.75, 3.05) is 26.4 Å². The van der Waals surface area contributed by atoms with Crippen molar-refractivity contribution in [1.82, 2.24) is 0 Å². The molecule has 0 unspecified atom stereocenters. The normalized spacial score (nSPS) is 25.0. The van der Waals surface area contributed by atoms with E-state index in [0.29, 0.717) is 13.2 Å². The predicted octanol–water partition coefficient (Wildman–Crippen LogP) is 4.77. The number of halogens is 1. The van der Waals surface area contributed by atoms with Crippen molar-refractivity contribution in [3.8, 4) is 11.5 Å². The summed E-state index contributed by atoms with van der Waals surface area (Å²) in [5, 5.41) is 0. The number of rotatable bonds is 5. The van der Waals surface area contributed by atoms with Crippen LogP contribution in [0.1, 0.15) is 40.5 Å². The largest absolute Gasteiger partial charge is 0.494 e. The van der Waals surface area contributed by atoms with Crippen LogP contribution in [0, 0.1) is 0 Å². The van der Waals surface area contributed by atoms with E-state index in [4.69, 9.17) is 28.3 Å². The molecule has 2 aromatic rings. The van der Waals surface area contributed by atoms with Crippen molar-refractivity contribution in [2.24, 2.45) is 0 Å². The van der Waals surface area contributed by atoms with E-state index >= 15 is 0 Å². The van der Waals surface area contributed by atoms with Gasteiger partial charge in [-0.15, -0.1) is 0 Å². The summed E-state index contributed by atoms with van der Waals surface area (Å²) in [7, 11) is -0.349. The molecule has 3 aliphatic heterocycles. The summed E-state index contributed by atoms with van der Waals surface area (Å²) >= 11 is 3.40. The van der Waals surface area contributed by atoms with Gasteiger partial charge in [0.15, 0.2) is 0 Å². The van der Waals surface area contributed by atoms with Crippen molar-refractivity contribution in [3.05, 3.63) is 53.0 Å².